The Morgan fingerprint density at radius 2 is 2.27 bits per heavy atom. The second-order valence-corrected chi connectivity index (χ2v) is 6.10. The van der Waals surface area contributed by atoms with Crippen LogP contribution in [-0.2, 0) is 22.5 Å². The first-order chi connectivity index (χ1) is 10.6. The molecule has 1 aromatic heterocycles. The summed E-state index contributed by atoms with van der Waals surface area (Å²) in [7, 11) is 0. The summed E-state index contributed by atoms with van der Waals surface area (Å²) in [4.78, 5) is 28.3. The van der Waals surface area contributed by atoms with Crippen molar-refractivity contribution in [2.45, 2.75) is 44.9 Å². The van der Waals surface area contributed by atoms with Crippen LogP contribution in [0.2, 0.25) is 0 Å². The van der Waals surface area contributed by atoms with Gasteiger partial charge in [0.15, 0.2) is 0 Å². The summed E-state index contributed by atoms with van der Waals surface area (Å²) in [5.74, 6) is -0.414. The van der Waals surface area contributed by atoms with E-state index in [0.717, 1.165) is 24.2 Å². The summed E-state index contributed by atoms with van der Waals surface area (Å²) in [5.41, 5.74) is 2.01. The average Bonchev–Trinajstić information content (AvgIpc) is 2.89. The maximum atomic E-state index is 11.9. The Hall–Kier alpha value is -1.66. The predicted molar refractivity (Wildman–Crippen MR) is 80.3 cm³/mol. The van der Waals surface area contributed by atoms with Gasteiger partial charge in [0.2, 0.25) is 5.56 Å². The van der Waals surface area contributed by atoms with E-state index in [1.54, 1.807) is 6.92 Å². The lowest BCUT2D eigenvalue weighted by atomic mass is 10.0. The number of H-pyrrole nitrogens is 1. The van der Waals surface area contributed by atoms with Crippen molar-refractivity contribution in [2.75, 3.05) is 13.2 Å². The summed E-state index contributed by atoms with van der Waals surface area (Å²) in [6.07, 6.45) is 1.37. The number of rotatable bonds is 3. The normalized spacial score (nSPS) is 28.4. The van der Waals surface area contributed by atoms with Gasteiger partial charge in [0, 0.05) is 37.3 Å². The Balaban J connectivity index is 1.69. The fourth-order valence-electron chi connectivity index (χ4n) is 3.59. The van der Waals surface area contributed by atoms with Crippen molar-refractivity contribution < 1.29 is 14.6 Å². The molecule has 0 bridgehead atoms. The van der Waals surface area contributed by atoms with Gasteiger partial charge in [0.25, 0.3) is 0 Å². The second-order valence-electron chi connectivity index (χ2n) is 6.10. The molecule has 2 heterocycles. The highest BCUT2D eigenvalue weighted by Crippen LogP contribution is 2.33. The Morgan fingerprint density at radius 3 is 3.05 bits per heavy atom. The number of fused-ring (bicyclic) bond motifs is 1. The molecule has 1 aromatic rings. The lowest BCUT2D eigenvalue weighted by Crippen LogP contribution is -2.43. The van der Waals surface area contributed by atoms with Crippen LogP contribution >= 0.6 is 0 Å². The molecule has 0 radical (unpaired) electrons. The van der Waals surface area contributed by atoms with Gasteiger partial charge in [0.05, 0.1) is 18.6 Å². The minimum Gasteiger partial charge on any atom is -0.466 e. The van der Waals surface area contributed by atoms with Crippen LogP contribution in [0.5, 0.6) is 0 Å². The Kier molecular flexibility index (Phi) is 4.31. The number of carbonyl (C=O) groups excluding carboxylic acids is 1. The van der Waals surface area contributed by atoms with Crippen LogP contribution in [0.15, 0.2) is 16.9 Å². The van der Waals surface area contributed by atoms with Gasteiger partial charge in [-0.05, 0) is 25.3 Å². The van der Waals surface area contributed by atoms with E-state index < -0.39 is 6.10 Å². The molecule has 120 valence electrons. The van der Waals surface area contributed by atoms with Crippen molar-refractivity contribution in [1.29, 1.82) is 0 Å². The largest absolute Gasteiger partial charge is 0.466 e. The molecule has 6 heteroatoms. The number of aromatic nitrogens is 1. The van der Waals surface area contributed by atoms with Crippen LogP contribution in [0.4, 0.5) is 0 Å². The third-order valence-corrected chi connectivity index (χ3v) is 4.71. The molecule has 3 rings (SSSR count). The minimum atomic E-state index is -0.501. The van der Waals surface area contributed by atoms with E-state index in [0.29, 0.717) is 26.0 Å². The number of ether oxygens (including phenoxy) is 1. The number of carbonyl (C=O) groups is 1. The number of hydrogen-bond acceptors (Lipinski definition) is 5. The smallest absolute Gasteiger partial charge is 0.309 e. The summed E-state index contributed by atoms with van der Waals surface area (Å²) in [5, 5.41) is 10.3. The fraction of sp³-hybridized carbons (Fsp3) is 0.625. The number of hydrogen-bond donors (Lipinski definition) is 2. The van der Waals surface area contributed by atoms with Crippen molar-refractivity contribution >= 4 is 5.97 Å². The molecule has 0 saturated heterocycles. The van der Waals surface area contributed by atoms with Crippen LogP contribution in [0, 0.1) is 5.92 Å². The predicted octanol–water partition coefficient (Wildman–Crippen LogP) is 0.436. The van der Waals surface area contributed by atoms with Crippen LogP contribution in [0.25, 0.3) is 0 Å². The molecule has 1 aliphatic carbocycles. The first kappa shape index (κ1) is 15.2. The highest BCUT2D eigenvalue weighted by Gasteiger charge is 2.41. The third-order valence-electron chi connectivity index (χ3n) is 4.71. The SMILES string of the molecule is CCOC(=O)[C@@H]1CC(N2CCc3[nH]c(=O)ccc3C2)[C@H](O)C1. The van der Waals surface area contributed by atoms with Gasteiger partial charge in [-0.15, -0.1) is 0 Å². The van der Waals surface area contributed by atoms with E-state index in [-0.39, 0.29) is 23.5 Å². The van der Waals surface area contributed by atoms with Crippen molar-refractivity contribution in [1.82, 2.24) is 9.88 Å². The summed E-state index contributed by atoms with van der Waals surface area (Å²) >= 11 is 0. The number of aliphatic hydroxyl groups is 1. The van der Waals surface area contributed by atoms with Gasteiger partial charge in [0.1, 0.15) is 0 Å². The van der Waals surface area contributed by atoms with E-state index >= 15 is 0 Å². The third kappa shape index (κ3) is 2.94. The number of pyridine rings is 1. The lowest BCUT2D eigenvalue weighted by Gasteiger charge is -2.34. The van der Waals surface area contributed by atoms with Crippen LogP contribution in [0.1, 0.15) is 31.0 Å². The quantitative estimate of drug-likeness (QED) is 0.792. The van der Waals surface area contributed by atoms with Crippen LogP contribution in [-0.4, -0.2) is 46.3 Å². The summed E-state index contributed by atoms with van der Waals surface area (Å²) in [6.45, 7) is 3.65. The van der Waals surface area contributed by atoms with Crippen molar-refractivity contribution in [3.63, 3.8) is 0 Å². The fourth-order valence-corrected chi connectivity index (χ4v) is 3.59. The molecule has 1 fully saturated rings. The molecule has 1 saturated carbocycles. The topological polar surface area (TPSA) is 82.6 Å². The molecule has 3 atom stereocenters. The van der Waals surface area contributed by atoms with E-state index in [2.05, 4.69) is 9.88 Å². The molecule has 2 N–H and O–H groups in total. The number of aliphatic hydroxyl groups excluding tert-OH is 1. The van der Waals surface area contributed by atoms with Gasteiger partial charge in [-0.2, -0.15) is 0 Å². The molecule has 0 spiro atoms. The zero-order chi connectivity index (χ0) is 15.7. The van der Waals surface area contributed by atoms with E-state index in [1.165, 1.54) is 6.07 Å². The highest BCUT2D eigenvalue weighted by molar-refractivity contribution is 5.73. The molecule has 1 aliphatic heterocycles. The average molecular weight is 306 g/mol. The molecule has 22 heavy (non-hydrogen) atoms. The molecular formula is C16H22N2O4. The Bertz CT molecular complexity index is 612. The van der Waals surface area contributed by atoms with Gasteiger partial charge < -0.3 is 14.8 Å². The number of nitrogens with zero attached hydrogens (tertiary/aromatic N) is 1. The number of esters is 1. The molecule has 0 amide bonds. The molecular weight excluding hydrogens is 284 g/mol. The van der Waals surface area contributed by atoms with Gasteiger partial charge >= 0.3 is 5.97 Å². The first-order valence-corrected chi connectivity index (χ1v) is 7.88. The molecule has 2 aliphatic rings. The summed E-state index contributed by atoms with van der Waals surface area (Å²) in [6, 6.07) is 3.37. The first-order valence-electron chi connectivity index (χ1n) is 7.88. The second kappa shape index (κ2) is 6.22. The standard InChI is InChI=1S/C16H22N2O4/c1-2-22-16(21)11-7-13(14(19)8-11)18-6-5-12-10(9-18)3-4-15(20)17-12/h3-4,11,13-14,19H,2,5-9H2,1H3,(H,17,20)/t11-,13?,14-/m1/s1. The number of aromatic amines is 1. The van der Waals surface area contributed by atoms with Gasteiger partial charge in [-0.25, -0.2) is 0 Å². The van der Waals surface area contributed by atoms with Crippen LogP contribution in [0.3, 0.4) is 0 Å². The summed E-state index contributed by atoms with van der Waals surface area (Å²) < 4.78 is 5.07. The molecule has 1 unspecified atom stereocenters. The van der Waals surface area contributed by atoms with E-state index in [4.69, 9.17) is 4.74 Å². The van der Waals surface area contributed by atoms with E-state index in [1.807, 2.05) is 6.07 Å². The Labute approximate surface area is 129 Å². The molecule has 6 nitrogen and oxygen atoms in total. The van der Waals surface area contributed by atoms with Crippen molar-refractivity contribution in [3.05, 3.63) is 33.7 Å². The Morgan fingerprint density at radius 1 is 1.45 bits per heavy atom. The van der Waals surface area contributed by atoms with Gasteiger partial charge in [-0.1, -0.05) is 6.07 Å². The zero-order valence-corrected chi connectivity index (χ0v) is 12.7. The monoisotopic (exact) mass is 306 g/mol. The van der Waals surface area contributed by atoms with Crippen molar-refractivity contribution in [3.8, 4) is 0 Å². The minimum absolute atomic E-state index is 0.0190. The number of nitrogens with one attached hydrogen (secondary N) is 1. The maximum Gasteiger partial charge on any atom is 0.309 e. The zero-order valence-electron chi connectivity index (χ0n) is 12.7. The van der Waals surface area contributed by atoms with E-state index in [9.17, 15) is 14.7 Å². The highest BCUT2D eigenvalue weighted by atomic mass is 16.5. The maximum absolute atomic E-state index is 11.9. The van der Waals surface area contributed by atoms with Crippen molar-refractivity contribution in [2.24, 2.45) is 5.92 Å². The van der Waals surface area contributed by atoms with Gasteiger partial charge in [-0.3, -0.25) is 14.5 Å². The molecule has 0 aromatic carbocycles. The van der Waals surface area contributed by atoms with Crippen LogP contribution < -0.4 is 5.56 Å². The lowest BCUT2D eigenvalue weighted by molar-refractivity contribution is -0.148.